The van der Waals surface area contributed by atoms with Crippen molar-refractivity contribution >= 4 is 39.2 Å². The van der Waals surface area contributed by atoms with Crippen LogP contribution in [-0.2, 0) is 28.9 Å². The first-order chi connectivity index (χ1) is 14.0. The van der Waals surface area contributed by atoms with E-state index in [0.29, 0.717) is 24.2 Å². The van der Waals surface area contributed by atoms with Gasteiger partial charge in [-0.3, -0.25) is 14.2 Å². The lowest BCUT2D eigenvalue weighted by Crippen LogP contribution is -2.31. The van der Waals surface area contributed by atoms with Gasteiger partial charge in [-0.15, -0.1) is 11.3 Å². The molecule has 4 rings (SSSR count). The zero-order valence-electron chi connectivity index (χ0n) is 17.2. The van der Waals surface area contributed by atoms with E-state index in [1.807, 2.05) is 0 Å². The van der Waals surface area contributed by atoms with Gasteiger partial charge in [-0.25, -0.2) is 4.98 Å². The van der Waals surface area contributed by atoms with Crippen LogP contribution in [0.1, 0.15) is 50.0 Å². The standard InChI is InChI=1S/C21H29N3O3S2/c1-13(2)10-22-17(25)12-28-21-23-19-18(15-7-3-4-8-16(15)29-19)20(26)24(21)11-14-6-5-9-27-14/h13-14H,3-12H2,1-2H3,(H,22,25). The van der Waals surface area contributed by atoms with Crippen molar-refractivity contribution in [1.29, 1.82) is 0 Å². The molecule has 1 aliphatic heterocycles. The summed E-state index contributed by atoms with van der Waals surface area (Å²) in [5.41, 5.74) is 1.25. The van der Waals surface area contributed by atoms with Crippen molar-refractivity contribution in [2.75, 3.05) is 18.9 Å². The number of rotatable bonds is 7. The van der Waals surface area contributed by atoms with Crippen LogP contribution in [0, 0.1) is 5.92 Å². The first-order valence-electron chi connectivity index (χ1n) is 10.6. The minimum atomic E-state index is -0.0211. The van der Waals surface area contributed by atoms with Crippen LogP contribution in [0.3, 0.4) is 0 Å². The Morgan fingerprint density at radius 2 is 2.17 bits per heavy atom. The van der Waals surface area contributed by atoms with Gasteiger partial charge in [0.15, 0.2) is 5.16 Å². The average molecular weight is 436 g/mol. The molecule has 1 amide bonds. The number of carbonyl (C=O) groups is 1. The van der Waals surface area contributed by atoms with Gasteiger partial charge in [0.05, 0.1) is 23.8 Å². The smallest absolute Gasteiger partial charge is 0.263 e. The van der Waals surface area contributed by atoms with Gasteiger partial charge in [0.25, 0.3) is 5.56 Å². The van der Waals surface area contributed by atoms with Crippen LogP contribution in [0.5, 0.6) is 0 Å². The molecular formula is C21H29N3O3S2. The van der Waals surface area contributed by atoms with Crippen LogP contribution in [0.4, 0.5) is 0 Å². The molecule has 1 fully saturated rings. The molecule has 158 valence electrons. The number of fused-ring (bicyclic) bond motifs is 3. The number of aryl methyl sites for hydroxylation is 2. The lowest BCUT2D eigenvalue weighted by molar-refractivity contribution is -0.118. The third kappa shape index (κ3) is 4.70. The summed E-state index contributed by atoms with van der Waals surface area (Å²) in [6.45, 7) is 6.07. The average Bonchev–Trinajstić information content (AvgIpc) is 3.34. The molecule has 2 aliphatic rings. The molecule has 6 nitrogen and oxygen atoms in total. The molecule has 0 radical (unpaired) electrons. The maximum Gasteiger partial charge on any atom is 0.263 e. The van der Waals surface area contributed by atoms with Crippen LogP contribution < -0.4 is 10.9 Å². The number of hydrogen-bond donors (Lipinski definition) is 1. The maximum absolute atomic E-state index is 13.5. The van der Waals surface area contributed by atoms with Gasteiger partial charge < -0.3 is 10.1 Å². The normalized spacial score (nSPS) is 19.1. The van der Waals surface area contributed by atoms with Crippen molar-refractivity contribution in [1.82, 2.24) is 14.9 Å². The van der Waals surface area contributed by atoms with E-state index in [-0.39, 0.29) is 23.3 Å². The lowest BCUT2D eigenvalue weighted by Gasteiger charge is -2.16. The van der Waals surface area contributed by atoms with E-state index in [1.54, 1.807) is 15.9 Å². The quantitative estimate of drug-likeness (QED) is 0.533. The molecule has 0 saturated carbocycles. The fourth-order valence-electron chi connectivity index (χ4n) is 3.98. The predicted molar refractivity (Wildman–Crippen MR) is 118 cm³/mol. The Morgan fingerprint density at radius 3 is 2.93 bits per heavy atom. The molecule has 1 atom stereocenters. The Labute approximate surface area is 179 Å². The number of aromatic nitrogens is 2. The molecule has 1 aliphatic carbocycles. The van der Waals surface area contributed by atoms with Crippen molar-refractivity contribution in [3.63, 3.8) is 0 Å². The highest BCUT2D eigenvalue weighted by molar-refractivity contribution is 7.99. The molecule has 3 heterocycles. The molecule has 2 aromatic rings. The number of nitrogens with one attached hydrogen (secondary N) is 1. The highest BCUT2D eigenvalue weighted by Gasteiger charge is 2.25. The van der Waals surface area contributed by atoms with Crippen molar-refractivity contribution in [2.24, 2.45) is 5.92 Å². The van der Waals surface area contributed by atoms with E-state index < -0.39 is 0 Å². The molecule has 0 spiro atoms. The van der Waals surface area contributed by atoms with Gasteiger partial charge in [-0.05, 0) is 50.0 Å². The molecule has 1 N–H and O–H groups in total. The van der Waals surface area contributed by atoms with Crippen LogP contribution >= 0.6 is 23.1 Å². The van der Waals surface area contributed by atoms with Crippen LogP contribution in [0.2, 0.25) is 0 Å². The van der Waals surface area contributed by atoms with Crippen molar-refractivity contribution in [3.05, 3.63) is 20.8 Å². The predicted octanol–water partition coefficient (Wildman–Crippen LogP) is 3.38. The highest BCUT2D eigenvalue weighted by atomic mass is 32.2. The summed E-state index contributed by atoms with van der Waals surface area (Å²) < 4.78 is 7.55. The SMILES string of the molecule is CC(C)CNC(=O)CSc1nc2sc3c(c2c(=O)n1CC1CCCO1)CCCC3. The minimum Gasteiger partial charge on any atom is -0.376 e. The highest BCUT2D eigenvalue weighted by Crippen LogP contribution is 2.35. The number of ether oxygens (including phenoxy) is 1. The van der Waals surface area contributed by atoms with Gasteiger partial charge in [-0.1, -0.05) is 25.6 Å². The minimum absolute atomic E-state index is 0.0211. The second-order valence-corrected chi connectivity index (χ2v) is 10.3. The summed E-state index contributed by atoms with van der Waals surface area (Å²) >= 11 is 3.01. The molecule has 29 heavy (non-hydrogen) atoms. The number of thiophene rings is 1. The van der Waals surface area contributed by atoms with E-state index in [4.69, 9.17) is 9.72 Å². The summed E-state index contributed by atoms with van der Waals surface area (Å²) in [5, 5.41) is 4.38. The summed E-state index contributed by atoms with van der Waals surface area (Å²) in [5.74, 6) is 0.655. The van der Waals surface area contributed by atoms with Crippen molar-refractivity contribution in [3.8, 4) is 0 Å². The fourth-order valence-corrected chi connectivity index (χ4v) is 6.12. The number of thioether (sulfide) groups is 1. The summed E-state index contributed by atoms with van der Waals surface area (Å²) in [6, 6.07) is 0. The Hall–Kier alpha value is -1.38. The Morgan fingerprint density at radius 1 is 1.34 bits per heavy atom. The number of amides is 1. The third-order valence-electron chi connectivity index (χ3n) is 5.49. The Balaban J connectivity index is 1.65. The molecular weight excluding hydrogens is 406 g/mol. The van der Waals surface area contributed by atoms with Gasteiger partial charge in [0, 0.05) is 18.0 Å². The summed E-state index contributed by atoms with van der Waals surface area (Å²) in [7, 11) is 0. The first kappa shape index (κ1) is 20.9. The number of nitrogens with zero attached hydrogens (tertiary/aromatic N) is 2. The molecule has 2 aromatic heterocycles. The third-order valence-corrected chi connectivity index (χ3v) is 7.65. The molecule has 1 unspecified atom stereocenters. The largest absolute Gasteiger partial charge is 0.376 e. The monoisotopic (exact) mass is 435 g/mol. The summed E-state index contributed by atoms with van der Waals surface area (Å²) in [6.07, 6.45) is 6.38. The van der Waals surface area contributed by atoms with E-state index >= 15 is 0 Å². The number of carbonyl (C=O) groups excluding carboxylic acids is 1. The first-order valence-corrected chi connectivity index (χ1v) is 12.4. The topological polar surface area (TPSA) is 73.2 Å². The fraction of sp³-hybridized carbons (Fsp3) is 0.667. The summed E-state index contributed by atoms with van der Waals surface area (Å²) in [4.78, 5) is 32.7. The Kier molecular flexibility index (Phi) is 6.61. The zero-order chi connectivity index (χ0) is 20.4. The molecule has 8 heteroatoms. The number of hydrogen-bond acceptors (Lipinski definition) is 6. The van der Waals surface area contributed by atoms with E-state index in [1.165, 1.54) is 28.6 Å². The molecule has 1 saturated heterocycles. The van der Waals surface area contributed by atoms with Crippen LogP contribution in [0.15, 0.2) is 9.95 Å². The maximum atomic E-state index is 13.5. The van der Waals surface area contributed by atoms with Crippen LogP contribution in [0.25, 0.3) is 10.2 Å². The van der Waals surface area contributed by atoms with E-state index in [9.17, 15) is 9.59 Å². The van der Waals surface area contributed by atoms with Crippen LogP contribution in [-0.4, -0.2) is 40.5 Å². The van der Waals surface area contributed by atoms with Crippen molar-refractivity contribution in [2.45, 2.75) is 70.2 Å². The Bertz CT molecular complexity index is 945. The van der Waals surface area contributed by atoms with E-state index in [0.717, 1.165) is 48.9 Å². The second-order valence-electron chi connectivity index (χ2n) is 8.32. The van der Waals surface area contributed by atoms with Gasteiger partial charge in [0.1, 0.15) is 4.83 Å². The second kappa shape index (κ2) is 9.18. The zero-order valence-corrected chi connectivity index (χ0v) is 18.8. The van der Waals surface area contributed by atoms with E-state index in [2.05, 4.69) is 19.2 Å². The van der Waals surface area contributed by atoms with Crippen molar-refractivity contribution < 1.29 is 9.53 Å². The van der Waals surface area contributed by atoms with Gasteiger partial charge in [-0.2, -0.15) is 0 Å². The lowest BCUT2D eigenvalue weighted by atomic mass is 9.97. The van der Waals surface area contributed by atoms with Gasteiger partial charge >= 0.3 is 0 Å². The molecule has 0 aromatic carbocycles. The van der Waals surface area contributed by atoms with Gasteiger partial charge in [0.2, 0.25) is 5.91 Å². The molecule has 0 bridgehead atoms.